The van der Waals surface area contributed by atoms with E-state index in [4.69, 9.17) is 4.99 Å². The van der Waals surface area contributed by atoms with Gasteiger partial charge >= 0.3 is 6.18 Å². The van der Waals surface area contributed by atoms with Crippen LogP contribution >= 0.6 is 0 Å². The molecule has 6 heteroatoms. The van der Waals surface area contributed by atoms with E-state index in [2.05, 4.69) is 29.2 Å². The number of fused-ring (bicyclic) bond motifs is 3. The molecule has 0 aliphatic carbocycles. The third-order valence-electron chi connectivity index (χ3n) is 7.06. The summed E-state index contributed by atoms with van der Waals surface area (Å²) in [6, 6.07) is 25.3. The van der Waals surface area contributed by atoms with Gasteiger partial charge in [0.15, 0.2) is 6.23 Å². The molecule has 3 aromatic rings. The van der Waals surface area contributed by atoms with Crippen LogP contribution in [0.5, 0.6) is 0 Å². The van der Waals surface area contributed by atoms with Gasteiger partial charge in [0, 0.05) is 23.1 Å². The van der Waals surface area contributed by atoms with Crippen LogP contribution in [0.4, 0.5) is 13.2 Å². The van der Waals surface area contributed by atoms with Crippen LogP contribution in [0.2, 0.25) is 0 Å². The molecule has 0 radical (unpaired) electrons. The molecule has 2 atom stereocenters. The van der Waals surface area contributed by atoms with Crippen molar-refractivity contribution in [2.24, 2.45) is 10.9 Å². The number of rotatable bonds is 5. The van der Waals surface area contributed by atoms with Gasteiger partial charge in [-0.15, -0.1) is 0 Å². The van der Waals surface area contributed by atoms with Gasteiger partial charge in [-0.2, -0.15) is 13.2 Å². The second-order valence-corrected chi connectivity index (χ2v) is 9.10. The average Bonchev–Trinajstić information content (AvgIpc) is 2.87. The number of alkyl halides is 3. The summed E-state index contributed by atoms with van der Waals surface area (Å²) < 4.78 is 39.7. The van der Waals surface area contributed by atoms with E-state index in [1.165, 1.54) is 12.1 Å². The normalized spacial score (nSPS) is 24.5. The van der Waals surface area contributed by atoms with Gasteiger partial charge in [-0.1, -0.05) is 72.8 Å². The van der Waals surface area contributed by atoms with Crippen molar-refractivity contribution < 1.29 is 18.3 Å². The maximum atomic E-state index is 13.2. The molecule has 2 unspecified atom stereocenters. The lowest BCUT2D eigenvalue weighted by Gasteiger charge is -2.50. The molecule has 176 valence electrons. The lowest BCUT2D eigenvalue weighted by atomic mass is 9.72. The van der Waals surface area contributed by atoms with Gasteiger partial charge in [0.05, 0.1) is 11.6 Å². The number of piperidine rings is 3. The number of benzene rings is 3. The van der Waals surface area contributed by atoms with Crippen molar-refractivity contribution in [1.82, 2.24) is 4.90 Å². The number of nitrogens with zero attached hydrogens (tertiary/aromatic N) is 2. The van der Waals surface area contributed by atoms with E-state index in [0.717, 1.165) is 54.9 Å². The SMILES string of the molecule is OC(N=C1C2CCN(CC2)C1C(c1ccccc1)c1ccccc1)c1cccc(C(F)(F)F)c1. The fourth-order valence-electron chi connectivity index (χ4n) is 5.43. The van der Waals surface area contributed by atoms with Crippen molar-refractivity contribution in [2.45, 2.75) is 37.2 Å². The van der Waals surface area contributed by atoms with Crippen molar-refractivity contribution >= 4 is 5.71 Å². The molecular formula is C28H27F3N2O. The molecule has 0 saturated carbocycles. The fraction of sp³-hybridized carbons (Fsp3) is 0.321. The highest BCUT2D eigenvalue weighted by molar-refractivity contribution is 5.94. The zero-order chi connectivity index (χ0) is 23.7. The predicted molar refractivity (Wildman–Crippen MR) is 127 cm³/mol. The third-order valence-corrected chi connectivity index (χ3v) is 7.06. The van der Waals surface area contributed by atoms with Crippen molar-refractivity contribution in [3.63, 3.8) is 0 Å². The first-order chi connectivity index (χ1) is 16.4. The fourth-order valence-corrected chi connectivity index (χ4v) is 5.43. The van der Waals surface area contributed by atoms with Crippen LogP contribution in [-0.4, -0.2) is 34.8 Å². The Bertz CT molecular complexity index is 1100. The topological polar surface area (TPSA) is 35.8 Å². The van der Waals surface area contributed by atoms with Crippen LogP contribution in [-0.2, 0) is 6.18 Å². The summed E-state index contributed by atoms with van der Waals surface area (Å²) in [5, 5.41) is 11.0. The number of aliphatic hydroxyl groups is 1. The molecule has 6 rings (SSSR count). The maximum Gasteiger partial charge on any atom is 0.416 e. The van der Waals surface area contributed by atoms with E-state index in [1.807, 2.05) is 36.4 Å². The smallest absolute Gasteiger partial charge is 0.368 e. The minimum Gasteiger partial charge on any atom is -0.368 e. The van der Waals surface area contributed by atoms with E-state index in [0.29, 0.717) is 0 Å². The number of aliphatic hydroxyl groups excluding tert-OH is 1. The van der Waals surface area contributed by atoms with Crippen LogP contribution in [0, 0.1) is 5.92 Å². The Kier molecular flexibility index (Phi) is 6.28. The molecule has 0 spiro atoms. The van der Waals surface area contributed by atoms with Gasteiger partial charge in [0.1, 0.15) is 0 Å². The van der Waals surface area contributed by atoms with E-state index in [9.17, 15) is 18.3 Å². The number of hydrogen-bond donors (Lipinski definition) is 1. The zero-order valence-corrected chi connectivity index (χ0v) is 18.7. The first-order valence-corrected chi connectivity index (χ1v) is 11.7. The van der Waals surface area contributed by atoms with Crippen LogP contribution in [0.1, 0.15) is 47.2 Å². The van der Waals surface area contributed by atoms with Crippen LogP contribution < -0.4 is 0 Å². The highest BCUT2D eigenvalue weighted by Gasteiger charge is 2.44. The molecule has 3 aliphatic rings. The second kappa shape index (κ2) is 9.35. The second-order valence-electron chi connectivity index (χ2n) is 9.10. The molecule has 0 amide bonds. The first-order valence-electron chi connectivity index (χ1n) is 11.7. The van der Waals surface area contributed by atoms with Crippen molar-refractivity contribution in [2.75, 3.05) is 13.1 Å². The Morgan fingerprint density at radius 1 is 0.794 bits per heavy atom. The molecule has 3 aromatic carbocycles. The summed E-state index contributed by atoms with van der Waals surface area (Å²) in [6.07, 6.45) is -3.92. The molecule has 3 nitrogen and oxygen atoms in total. The monoisotopic (exact) mass is 464 g/mol. The Morgan fingerprint density at radius 2 is 1.35 bits per heavy atom. The molecule has 3 aliphatic heterocycles. The van der Waals surface area contributed by atoms with Gasteiger partial charge in [0.25, 0.3) is 0 Å². The predicted octanol–water partition coefficient (Wildman–Crippen LogP) is 6.06. The number of aliphatic imine (C=N–C) groups is 1. The number of halogens is 3. The Morgan fingerprint density at radius 3 is 1.91 bits per heavy atom. The van der Waals surface area contributed by atoms with E-state index in [-0.39, 0.29) is 23.4 Å². The van der Waals surface area contributed by atoms with Crippen molar-refractivity contribution in [1.29, 1.82) is 0 Å². The molecule has 3 saturated heterocycles. The summed E-state index contributed by atoms with van der Waals surface area (Å²) in [7, 11) is 0. The minimum absolute atomic E-state index is 0.0120. The average molecular weight is 465 g/mol. The molecule has 1 N–H and O–H groups in total. The molecule has 3 heterocycles. The van der Waals surface area contributed by atoms with Crippen LogP contribution in [0.25, 0.3) is 0 Å². The van der Waals surface area contributed by atoms with E-state index >= 15 is 0 Å². The molecule has 3 fully saturated rings. The standard InChI is InChI=1S/C28H27F3N2O/c29-28(30,31)23-13-7-12-22(18-23)27(34)32-25-21-14-16-33(17-15-21)26(25)24(19-8-3-1-4-9-19)20-10-5-2-6-11-20/h1-13,18,21,24,26-27,34H,14-17H2. The van der Waals surface area contributed by atoms with Gasteiger partial charge in [-0.25, -0.2) is 0 Å². The Labute approximate surface area is 197 Å². The molecule has 34 heavy (non-hydrogen) atoms. The minimum atomic E-state index is -4.47. The summed E-state index contributed by atoms with van der Waals surface area (Å²) in [6.45, 7) is 1.90. The number of hydrogen-bond acceptors (Lipinski definition) is 3. The summed E-state index contributed by atoms with van der Waals surface area (Å²) in [5.41, 5.74) is 2.59. The van der Waals surface area contributed by atoms with Crippen LogP contribution in [0.15, 0.2) is 89.9 Å². The lowest BCUT2D eigenvalue weighted by molar-refractivity contribution is -0.137. The Hall–Kier alpha value is -2.96. The van der Waals surface area contributed by atoms with Gasteiger partial charge in [-0.05, 0) is 49.2 Å². The highest BCUT2D eigenvalue weighted by atomic mass is 19.4. The maximum absolute atomic E-state index is 13.2. The zero-order valence-electron chi connectivity index (χ0n) is 18.7. The largest absolute Gasteiger partial charge is 0.416 e. The van der Waals surface area contributed by atoms with Gasteiger partial charge in [-0.3, -0.25) is 9.89 Å². The molecule has 2 bridgehead atoms. The summed E-state index contributed by atoms with van der Waals surface area (Å²) >= 11 is 0. The Balaban J connectivity index is 1.57. The molecular weight excluding hydrogens is 437 g/mol. The van der Waals surface area contributed by atoms with Crippen molar-refractivity contribution in [3.05, 3.63) is 107 Å². The third kappa shape index (κ3) is 4.52. The highest BCUT2D eigenvalue weighted by Crippen LogP contribution is 2.41. The summed E-state index contributed by atoms with van der Waals surface area (Å²) in [5.74, 6) is 0.225. The van der Waals surface area contributed by atoms with Crippen LogP contribution in [0.3, 0.4) is 0 Å². The first kappa shape index (κ1) is 22.8. The lowest BCUT2D eigenvalue weighted by Crippen LogP contribution is -2.58. The van der Waals surface area contributed by atoms with Gasteiger partial charge < -0.3 is 5.11 Å². The molecule has 0 aromatic heterocycles. The van der Waals surface area contributed by atoms with E-state index in [1.54, 1.807) is 0 Å². The van der Waals surface area contributed by atoms with E-state index < -0.39 is 18.0 Å². The summed E-state index contributed by atoms with van der Waals surface area (Å²) in [4.78, 5) is 7.15. The van der Waals surface area contributed by atoms with Crippen molar-refractivity contribution in [3.8, 4) is 0 Å². The quantitative estimate of drug-likeness (QED) is 0.498. The van der Waals surface area contributed by atoms with Gasteiger partial charge in [0.2, 0.25) is 0 Å².